The fourth-order valence-electron chi connectivity index (χ4n) is 4.68. The molecule has 0 spiro atoms. The average molecular weight is 606 g/mol. The fraction of sp³-hybridized carbons (Fsp3) is 0.286. The lowest BCUT2D eigenvalue weighted by atomic mass is 9.83. The third-order valence-corrected chi connectivity index (χ3v) is 7.22. The molecule has 4 N–H and O–H groups in total. The van der Waals surface area contributed by atoms with Gasteiger partial charge in [0.15, 0.2) is 5.69 Å². The molecule has 1 aliphatic heterocycles. The van der Waals surface area contributed by atoms with Crippen LogP contribution >= 0.6 is 0 Å². The summed E-state index contributed by atoms with van der Waals surface area (Å²) in [5.74, 6) is -2.54. The summed E-state index contributed by atoms with van der Waals surface area (Å²) in [6, 6.07) is 9.19. The van der Waals surface area contributed by atoms with Crippen molar-refractivity contribution in [1.29, 1.82) is 0 Å². The van der Waals surface area contributed by atoms with Crippen LogP contribution in [0.1, 0.15) is 39.0 Å². The van der Waals surface area contributed by atoms with Gasteiger partial charge >= 0.3 is 6.18 Å². The van der Waals surface area contributed by atoms with Gasteiger partial charge < -0.3 is 25.6 Å². The van der Waals surface area contributed by atoms with Crippen LogP contribution in [-0.4, -0.2) is 64.6 Å². The molecule has 5 rings (SSSR count). The molecular weight excluding hydrogens is 581 g/mol. The number of carbonyl (C=O) groups excluding carboxylic acids is 2. The second kappa shape index (κ2) is 10.5. The molecule has 2 amide bonds. The number of hydrogen-bond donors (Lipinski definition) is 3. The summed E-state index contributed by atoms with van der Waals surface area (Å²) >= 11 is 0. The van der Waals surface area contributed by atoms with E-state index in [9.17, 15) is 36.6 Å². The van der Waals surface area contributed by atoms with Crippen LogP contribution in [0, 0.1) is 5.82 Å². The minimum Gasteiger partial charge on any atom is -0.490 e. The van der Waals surface area contributed by atoms with Gasteiger partial charge in [0.05, 0.1) is 30.3 Å². The number of benzene rings is 1. The molecule has 2 atom stereocenters. The van der Waals surface area contributed by atoms with Crippen LogP contribution in [0.5, 0.6) is 11.6 Å². The summed E-state index contributed by atoms with van der Waals surface area (Å²) in [5.41, 5.74) is -0.931. The fourth-order valence-corrected chi connectivity index (χ4v) is 4.68. The van der Waals surface area contributed by atoms with Crippen molar-refractivity contribution in [3.05, 3.63) is 76.9 Å². The first kappa shape index (κ1) is 29.7. The number of rotatable bonds is 8. The Morgan fingerprint density at radius 3 is 2.49 bits per heavy atom. The monoisotopic (exact) mass is 605 g/mol. The minimum atomic E-state index is -5.38. The number of nitrogens with two attached hydrogens (primary N) is 1. The molecule has 0 bridgehead atoms. The van der Waals surface area contributed by atoms with Crippen LogP contribution in [0.3, 0.4) is 0 Å². The van der Waals surface area contributed by atoms with Gasteiger partial charge in [0.25, 0.3) is 11.8 Å². The summed E-state index contributed by atoms with van der Waals surface area (Å²) in [4.78, 5) is 28.7. The zero-order valence-corrected chi connectivity index (χ0v) is 22.6. The average Bonchev–Trinajstić information content (AvgIpc) is 3.56. The number of methoxy groups -OCH3 is 1. The number of nitrogens with one attached hydrogen (secondary N) is 1. The first-order valence-corrected chi connectivity index (χ1v) is 12.7. The summed E-state index contributed by atoms with van der Waals surface area (Å²) in [6.45, 7) is -1.16. The second-order valence-corrected chi connectivity index (χ2v) is 10.3. The highest BCUT2D eigenvalue weighted by Gasteiger charge is 2.57. The Morgan fingerprint density at radius 2 is 1.88 bits per heavy atom. The molecule has 226 valence electrons. The molecule has 3 aromatic heterocycles. The SMILES string of the molecule is COc1cc(C(=O)NCC(O)(c2cc3c(c(-c4ccc(F)cc4)n2)OC[C@@]3(C)CF)C(F)(F)F)cc2cc(C(N)=O)nn12. The van der Waals surface area contributed by atoms with Gasteiger partial charge in [0.2, 0.25) is 11.5 Å². The van der Waals surface area contributed by atoms with Gasteiger partial charge in [-0.15, -0.1) is 0 Å². The number of fused-ring (bicyclic) bond motifs is 2. The number of nitrogens with zero attached hydrogens (tertiary/aromatic N) is 3. The Morgan fingerprint density at radius 1 is 1.19 bits per heavy atom. The summed E-state index contributed by atoms with van der Waals surface area (Å²) in [6.07, 6.45) is -5.38. The molecular formula is C28H24F5N5O5. The maximum absolute atomic E-state index is 14.6. The molecule has 1 aliphatic rings. The Balaban J connectivity index is 1.56. The van der Waals surface area contributed by atoms with Crippen LogP contribution < -0.4 is 20.5 Å². The van der Waals surface area contributed by atoms with Gasteiger partial charge in [-0.1, -0.05) is 0 Å². The van der Waals surface area contributed by atoms with E-state index in [0.29, 0.717) is 0 Å². The summed E-state index contributed by atoms with van der Waals surface area (Å²) < 4.78 is 83.5. The van der Waals surface area contributed by atoms with E-state index in [1.54, 1.807) is 0 Å². The lowest BCUT2D eigenvalue weighted by molar-refractivity contribution is -0.265. The van der Waals surface area contributed by atoms with Gasteiger partial charge in [-0.2, -0.15) is 18.3 Å². The number of pyridine rings is 2. The normalized spacial score (nSPS) is 17.7. The highest BCUT2D eigenvalue weighted by molar-refractivity contribution is 5.97. The predicted octanol–water partition coefficient (Wildman–Crippen LogP) is 3.44. The number of halogens is 5. The zero-order chi connectivity index (χ0) is 31.3. The molecule has 10 nitrogen and oxygen atoms in total. The molecule has 15 heteroatoms. The van der Waals surface area contributed by atoms with Crippen molar-refractivity contribution in [3.63, 3.8) is 0 Å². The van der Waals surface area contributed by atoms with E-state index in [-0.39, 0.29) is 51.8 Å². The molecule has 0 saturated carbocycles. The van der Waals surface area contributed by atoms with Gasteiger partial charge in [0.1, 0.15) is 30.5 Å². The van der Waals surface area contributed by atoms with Crippen molar-refractivity contribution in [2.45, 2.75) is 24.1 Å². The van der Waals surface area contributed by atoms with E-state index in [1.165, 1.54) is 38.3 Å². The highest BCUT2D eigenvalue weighted by atomic mass is 19.4. The quantitative estimate of drug-likeness (QED) is 0.262. The highest BCUT2D eigenvalue weighted by Crippen LogP contribution is 2.48. The van der Waals surface area contributed by atoms with E-state index in [4.69, 9.17) is 15.2 Å². The number of carbonyl (C=O) groups is 2. The predicted molar refractivity (Wildman–Crippen MR) is 141 cm³/mol. The Hall–Kier alpha value is -4.79. The molecule has 1 aromatic carbocycles. The van der Waals surface area contributed by atoms with Crippen molar-refractivity contribution in [2.24, 2.45) is 5.73 Å². The number of aliphatic hydroxyl groups is 1. The lowest BCUT2D eigenvalue weighted by Gasteiger charge is -2.31. The smallest absolute Gasteiger partial charge is 0.424 e. The van der Waals surface area contributed by atoms with E-state index in [2.05, 4.69) is 15.4 Å². The first-order valence-electron chi connectivity index (χ1n) is 12.7. The molecule has 0 fully saturated rings. The number of amides is 2. The summed E-state index contributed by atoms with van der Waals surface area (Å²) in [5, 5.41) is 17.2. The largest absolute Gasteiger partial charge is 0.490 e. The second-order valence-electron chi connectivity index (χ2n) is 10.3. The van der Waals surface area contributed by atoms with E-state index < -0.39 is 53.7 Å². The number of alkyl halides is 4. The molecule has 43 heavy (non-hydrogen) atoms. The van der Waals surface area contributed by atoms with Crippen molar-refractivity contribution in [2.75, 3.05) is 26.9 Å². The Bertz CT molecular complexity index is 1740. The van der Waals surface area contributed by atoms with Crippen molar-refractivity contribution < 1.29 is 46.1 Å². The first-order chi connectivity index (χ1) is 20.2. The standard InChI is InChI=1S/C28H24F5N5O5/c1-26(11-29)13-43-23-18(26)10-20(36-22(23)14-3-5-16(30)6-4-14)27(41,28(31,32)33)12-35-25(40)15-7-17-9-19(24(34)39)37-38(17)21(8-15)42-2/h3-10,41H,11-13H2,1-2H3,(H2,34,39)(H,35,40)/t26-,27?/m1/s1. The molecule has 4 heterocycles. The van der Waals surface area contributed by atoms with Gasteiger partial charge in [0, 0.05) is 22.8 Å². The zero-order valence-electron chi connectivity index (χ0n) is 22.6. The third-order valence-electron chi connectivity index (χ3n) is 7.22. The van der Waals surface area contributed by atoms with Crippen molar-refractivity contribution >= 4 is 17.3 Å². The van der Waals surface area contributed by atoms with Crippen LogP contribution in [0.4, 0.5) is 22.0 Å². The van der Waals surface area contributed by atoms with Crippen molar-refractivity contribution in [3.8, 4) is 22.9 Å². The maximum Gasteiger partial charge on any atom is 0.424 e. The van der Waals surface area contributed by atoms with Crippen LogP contribution in [-0.2, 0) is 11.0 Å². The van der Waals surface area contributed by atoms with Crippen LogP contribution in [0.15, 0.2) is 48.5 Å². The van der Waals surface area contributed by atoms with Crippen molar-refractivity contribution in [1.82, 2.24) is 19.9 Å². The lowest BCUT2D eigenvalue weighted by Crippen LogP contribution is -2.51. The molecule has 1 unspecified atom stereocenters. The molecule has 0 radical (unpaired) electrons. The Kier molecular flexibility index (Phi) is 7.24. The molecule has 4 aromatic rings. The maximum atomic E-state index is 14.6. The number of ether oxygens (including phenoxy) is 2. The van der Waals surface area contributed by atoms with Gasteiger partial charge in [-0.25, -0.2) is 18.3 Å². The van der Waals surface area contributed by atoms with Gasteiger partial charge in [-0.3, -0.25) is 9.59 Å². The van der Waals surface area contributed by atoms with Gasteiger partial charge in [-0.05, 0) is 49.4 Å². The van der Waals surface area contributed by atoms with Crippen LogP contribution in [0.2, 0.25) is 0 Å². The molecule has 0 saturated heterocycles. The molecule has 0 aliphatic carbocycles. The van der Waals surface area contributed by atoms with Crippen LogP contribution in [0.25, 0.3) is 16.8 Å². The topological polar surface area (TPSA) is 141 Å². The number of aromatic nitrogens is 3. The van der Waals surface area contributed by atoms with E-state index in [0.717, 1.165) is 28.8 Å². The van der Waals surface area contributed by atoms with E-state index in [1.807, 2.05) is 0 Å². The minimum absolute atomic E-state index is 0.000559. The third kappa shape index (κ3) is 5.09. The number of hydrogen-bond acceptors (Lipinski definition) is 7. The van der Waals surface area contributed by atoms with E-state index >= 15 is 0 Å². The Labute approximate surface area is 240 Å². The summed E-state index contributed by atoms with van der Waals surface area (Å²) in [7, 11) is 1.25. The number of primary amides is 1.